The van der Waals surface area contributed by atoms with E-state index in [2.05, 4.69) is 20.2 Å². The van der Waals surface area contributed by atoms with Gasteiger partial charge in [-0.3, -0.25) is 10.2 Å². The molecule has 1 aliphatic heterocycles. The fourth-order valence-corrected chi connectivity index (χ4v) is 4.20. The van der Waals surface area contributed by atoms with Crippen molar-refractivity contribution in [2.75, 3.05) is 36.9 Å². The summed E-state index contributed by atoms with van der Waals surface area (Å²) in [6.07, 6.45) is 1.66. The predicted molar refractivity (Wildman–Crippen MR) is 136 cm³/mol. The number of amides is 1. The van der Waals surface area contributed by atoms with E-state index < -0.39 is 0 Å². The molecule has 9 nitrogen and oxygen atoms in total. The molecule has 5 N–H and O–H groups in total. The van der Waals surface area contributed by atoms with Crippen LogP contribution in [0.2, 0.25) is 0 Å². The second-order valence-electron chi connectivity index (χ2n) is 8.66. The predicted octanol–water partition coefficient (Wildman–Crippen LogP) is 2.48. The number of hydrogen-bond donors (Lipinski definition) is 4. The number of nitrogen functional groups attached to an aromatic ring is 1. The molecule has 4 rings (SSSR count). The lowest BCUT2D eigenvalue weighted by molar-refractivity contribution is -0.00547. The zero-order chi connectivity index (χ0) is 24.9. The molecule has 2 atom stereocenters. The van der Waals surface area contributed by atoms with Crippen molar-refractivity contribution >= 4 is 23.1 Å². The molecule has 2 heterocycles. The molecule has 2 aromatic carbocycles. The number of rotatable bonds is 7. The van der Waals surface area contributed by atoms with Gasteiger partial charge in [0.25, 0.3) is 5.91 Å². The Balaban J connectivity index is 1.57. The van der Waals surface area contributed by atoms with Gasteiger partial charge >= 0.3 is 0 Å². The molecule has 0 radical (unpaired) electrons. The van der Waals surface area contributed by atoms with Crippen LogP contribution in [0.3, 0.4) is 0 Å². The highest BCUT2D eigenvalue weighted by Crippen LogP contribution is 2.27. The Bertz CT molecular complexity index is 1200. The van der Waals surface area contributed by atoms with Crippen molar-refractivity contribution in [1.29, 1.82) is 5.41 Å². The monoisotopic (exact) mass is 474 g/mol. The standard InChI is InChI=1S/C26H30N6O3/c1-16-13-32(14-17(2)35-16)24-12-23(30-15-31-24)25(28)21-11-20(7-8-22(21)27)18-3-5-19(6-4-18)26(34)29-9-10-33/h3-8,11-12,15-17,28,33H,9-10,13-14,27H2,1-2H3,(H,29,34). The molecule has 0 bridgehead atoms. The van der Waals surface area contributed by atoms with Crippen LogP contribution in [0.15, 0.2) is 54.9 Å². The van der Waals surface area contributed by atoms with Gasteiger partial charge in [-0.2, -0.15) is 0 Å². The highest BCUT2D eigenvalue weighted by Gasteiger charge is 2.24. The van der Waals surface area contributed by atoms with Gasteiger partial charge in [0.15, 0.2) is 0 Å². The summed E-state index contributed by atoms with van der Waals surface area (Å²) in [5.41, 5.74) is 10.3. The van der Waals surface area contributed by atoms with Gasteiger partial charge in [-0.25, -0.2) is 9.97 Å². The van der Waals surface area contributed by atoms with E-state index in [1.807, 2.05) is 44.2 Å². The van der Waals surface area contributed by atoms with Gasteiger partial charge < -0.3 is 25.8 Å². The van der Waals surface area contributed by atoms with E-state index in [9.17, 15) is 4.79 Å². The van der Waals surface area contributed by atoms with E-state index in [-0.39, 0.29) is 37.0 Å². The first kappa shape index (κ1) is 24.3. The number of nitrogens with zero attached hydrogens (tertiary/aromatic N) is 3. The van der Waals surface area contributed by atoms with E-state index in [0.717, 1.165) is 30.0 Å². The molecule has 1 aliphatic rings. The Morgan fingerprint density at radius 3 is 2.49 bits per heavy atom. The number of ether oxygens (including phenoxy) is 1. The normalized spacial score (nSPS) is 17.7. The zero-order valence-corrected chi connectivity index (χ0v) is 19.9. The molecule has 1 saturated heterocycles. The van der Waals surface area contributed by atoms with Crippen LogP contribution in [0.1, 0.15) is 35.5 Å². The minimum atomic E-state index is -0.242. The molecular weight excluding hydrogens is 444 g/mol. The Kier molecular flexibility index (Phi) is 7.38. The van der Waals surface area contributed by atoms with Crippen molar-refractivity contribution in [3.05, 3.63) is 71.7 Å². The lowest BCUT2D eigenvalue weighted by Gasteiger charge is -2.36. The van der Waals surface area contributed by atoms with Crippen LogP contribution in [0.4, 0.5) is 11.5 Å². The largest absolute Gasteiger partial charge is 0.398 e. The number of nitrogens with two attached hydrogens (primary N) is 1. The van der Waals surface area contributed by atoms with Gasteiger partial charge in [0.05, 0.1) is 30.2 Å². The molecule has 0 aliphatic carbocycles. The number of aliphatic hydroxyl groups excluding tert-OH is 1. The first-order valence-electron chi connectivity index (χ1n) is 11.6. The zero-order valence-electron chi connectivity index (χ0n) is 19.9. The maximum Gasteiger partial charge on any atom is 0.251 e. The van der Waals surface area contributed by atoms with E-state index in [1.165, 1.54) is 6.33 Å². The van der Waals surface area contributed by atoms with E-state index in [0.29, 0.717) is 22.5 Å². The first-order chi connectivity index (χ1) is 16.9. The van der Waals surface area contributed by atoms with Crippen molar-refractivity contribution in [3.63, 3.8) is 0 Å². The number of morpholine rings is 1. The van der Waals surface area contributed by atoms with Crippen molar-refractivity contribution in [1.82, 2.24) is 15.3 Å². The summed E-state index contributed by atoms with van der Waals surface area (Å²) in [7, 11) is 0. The van der Waals surface area contributed by atoms with Crippen LogP contribution in [-0.2, 0) is 4.74 Å². The quantitative estimate of drug-likeness (QED) is 0.305. The topological polar surface area (TPSA) is 137 Å². The number of aromatic nitrogens is 2. The molecule has 1 fully saturated rings. The fraction of sp³-hybridized carbons (Fsp3) is 0.308. The van der Waals surface area contributed by atoms with Gasteiger partial charge in [-0.1, -0.05) is 18.2 Å². The molecule has 2 unspecified atom stereocenters. The van der Waals surface area contributed by atoms with Crippen LogP contribution in [0.25, 0.3) is 11.1 Å². The Labute approximate surface area is 204 Å². The maximum atomic E-state index is 12.1. The maximum absolute atomic E-state index is 12.1. The molecule has 3 aromatic rings. The molecular formula is C26H30N6O3. The third-order valence-corrected chi connectivity index (χ3v) is 5.85. The van der Waals surface area contributed by atoms with Crippen LogP contribution in [-0.4, -0.2) is 65.1 Å². The van der Waals surface area contributed by atoms with Crippen LogP contribution in [0, 0.1) is 5.41 Å². The molecule has 0 spiro atoms. The summed E-state index contributed by atoms with van der Waals surface area (Å²) < 4.78 is 5.82. The van der Waals surface area contributed by atoms with Crippen molar-refractivity contribution in [2.45, 2.75) is 26.1 Å². The second kappa shape index (κ2) is 10.6. The molecule has 35 heavy (non-hydrogen) atoms. The fourth-order valence-electron chi connectivity index (χ4n) is 4.20. The lowest BCUT2D eigenvalue weighted by atomic mass is 9.97. The average molecular weight is 475 g/mol. The van der Waals surface area contributed by atoms with E-state index >= 15 is 0 Å². The lowest BCUT2D eigenvalue weighted by Crippen LogP contribution is -2.45. The smallest absolute Gasteiger partial charge is 0.251 e. The Morgan fingerprint density at radius 1 is 1.11 bits per heavy atom. The highest BCUT2D eigenvalue weighted by molar-refractivity contribution is 6.13. The van der Waals surface area contributed by atoms with Gasteiger partial charge in [0.1, 0.15) is 12.1 Å². The van der Waals surface area contributed by atoms with Gasteiger partial charge in [-0.15, -0.1) is 0 Å². The van der Waals surface area contributed by atoms with Crippen LogP contribution < -0.4 is 16.0 Å². The average Bonchev–Trinajstić information content (AvgIpc) is 2.87. The Morgan fingerprint density at radius 2 is 1.80 bits per heavy atom. The van der Waals surface area contributed by atoms with E-state index in [1.54, 1.807) is 18.2 Å². The van der Waals surface area contributed by atoms with Gasteiger partial charge in [0, 0.05) is 42.5 Å². The van der Waals surface area contributed by atoms with Gasteiger partial charge in [0.2, 0.25) is 0 Å². The number of carbonyl (C=O) groups is 1. The summed E-state index contributed by atoms with van der Waals surface area (Å²) in [5.74, 6) is 0.514. The van der Waals surface area contributed by atoms with Crippen LogP contribution >= 0.6 is 0 Å². The molecule has 0 saturated carbocycles. The molecule has 9 heteroatoms. The number of benzene rings is 2. The van der Waals surface area contributed by atoms with Crippen LogP contribution in [0.5, 0.6) is 0 Å². The molecule has 1 amide bonds. The number of carbonyl (C=O) groups excluding carboxylic acids is 1. The van der Waals surface area contributed by atoms with Crippen molar-refractivity contribution < 1.29 is 14.6 Å². The number of hydrogen-bond acceptors (Lipinski definition) is 8. The minimum Gasteiger partial charge on any atom is -0.398 e. The summed E-state index contributed by atoms with van der Waals surface area (Å²) >= 11 is 0. The summed E-state index contributed by atoms with van der Waals surface area (Å²) in [5, 5.41) is 20.3. The Hall–Kier alpha value is -3.82. The SMILES string of the molecule is CC1CN(c2cc(C(=N)c3cc(-c4ccc(C(=O)NCCO)cc4)ccc3N)ncn2)CC(C)O1. The minimum absolute atomic E-state index is 0.0936. The summed E-state index contributed by atoms with van der Waals surface area (Å²) in [4.78, 5) is 23.0. The van der Waals surface area contributed by atoms with Gasteiger partial charge in [-0.05, 0) is 49.2 Å². The van der Waals surface area contributed by atoms with Crippen molar-refractivity contribution in [2.24, 2.45) is 0 Å². The number of aliphatic hydroxyl groups is 1. The third kappa shape index (κ3) is 5.64. The number of anilines is 2. The summed E-state index contributed by atoms with van der Waals surface area (Å²) in [6, 6.07) is 14.5. The molecule has 182 valence electrons. The van der Waals surface area contributed by atoms with Crippen molar-refractivity contribution in [3.8, 4) is 11.1 Å². The first-order valence-corrected chi connectivity index (χ1v) is 11.6. The third-order valence-electron chi connectivity index (χ3n) is 5.85. The molecule has 1 aromatic heterocycles. The van der Waals surface area contributed by atoms with E-state index in [4.69, 9.17) is 21.0 Å². The highest BCUT2D eigenvalue weighted by atomic mass is 16.5. The second-order valence-corrected chi connectivity index (χ2v) is 8.66. The summed E-state index contributed by atoms with van der Waals surface area (Å²) in [6.45, 7) is 5.61. The number of nitrogens with one attached hydrogen (secondary N) is 2.